The predicted molar refractivity (Wildman–Crippen MR) is 69.0 cm³/mol. The van der Waals surface area contributed by atoms with E-state index >= 15 is 0 Å². The Morgan fingerprint density at radius 1 is 1.31 bits per heavy atom. The van der Waals surface area contributed by atoms with Crippen molar-refractivity contribution < 1.29 is 0 Å². The van der Waals surface area contributed by atoms with Crippen LogP contribution in [0.25, 0.3) is 0 Å². The molecule has 0 saturated carbocycles. The van der Waals surface area contributed by atoms with Crippen LogP contribution in [0.2, 0.25) is 0 Å². The third kappa shape index (κ3) is 2.85. The standard InChI is InChI=1S/C13H25N3/c1-6-8-14-9-10(3)16-12(5)13(7-2)11(4)15-16/h10,14H,6-9H2,1-5H3. The number of hydrogen-bond donors (Lipinski definition) is 1. The molecule has 0 radical (unpaired) electrons. The van der Waals surface area contributed by atoms with Gasteiger partial charge in [0.1, 0.15) is 0 Å². The molecule has 0 aromatic carbocycles. The van der Waals surface area contributed by atoms with E-state index in [0.29, 0.717) is 6.04 Å². The van der Waals surface area contributed by atoms with Crippen molar-refractivity contribution in [3.8, 4) is 0 Å². The maximum Gasteiger partial charge on any atom is 0.0628 e. The Morgan fingerprint density at radius 2 is 2.00 bits per heavy atom. The molecule has 1 aromatic rings. The fraction of sp³-hybridized carbons (Fsp3) is 0.769. The van der Waals surface area contributed by atoms with Crippen LogP contribution in [0.15, 0.2) is 0 Å². The molecule has 0 aliphatic heterocycles. The topological polar surface area (TPSA) is 29.9 Å². The highest BCUT2D eigenvalue weighted by Crippen LogP contribution is 2.17. The second-order valence-electron chi connectivity index (χ2n) is 4.50. The molecule has 1 N–H and O–H groups in total. The fourth-order valence-electron chi connectivity index (χ4n) is 2.21. The van der Waals surface area contributed by atoms with Crippen molar-refractivity contribution in [1.82, 2.24) is 15.1 Å². The summed E-state index contributed by atoms with van der Waals surface area (Å²) in [6.45, 7) is 13.0. The Bertz CT molecular complexity index is 328. The van der Waals surface area contributed by atoms with Gasteiger partial charge in [0.15, 0.2) is 0 Å². The normalized spacial score (nSPS) is 13.1. The smallest absolute Gasteiger partial charge is 0.0628 e. The van der Waals surface area contributed by atoms with Crippen LogP contribution < -0.4 is 5.32 Å². The summed E-state index contributed by atoms with van der Waals surface area (Å²) in [7, 11) is 0. The molecule has 0 bridgehead atoms. The van der Waals surface area contributed by atoms with Gasteiger partial charge in [-0.1, -0.05) is 13.8 Å². The molecule has 1 aromatic heterocycles. The monoisotopic (exact) mass is 223 g/mol. The molecule has 1 heterocycles. The number of nitrogens with zero attached hydrogens (tertiary/aromatic N) is 2. The lowest BCUT2D eigenvalue weighted by Crippen LogP contribution is -2.25. The zero-order valence-electron chi connectivity index (χ0n) is 11.3. The van der Waals surface area contributed by atoms with Gasteiger partial charge in [0.2, 0.25) is 0 Å². The van der Waals surface area contributed by atoms with Crippen LogP contribution in [0.4, 0.5) is 0 Å². The van der Waals surface area contributed by atoms with Gasteiger partial charge in [0.25, 0.3) is 0 Å². The lowest BCUT2D eigenvalue weighted by molar-refractivity contribution is 0.444. The lowest BCUT2D eigenvalue weighted by atomic mass is 10.1. The van der Waals surface area contributed by atoms with Crippen LogP contribution in [0.3, 0.4) is 0 Å². The summed E-state index contributed by atoms with van der Waals surface area (Å²) in [4.78, 5) is 0. The van der Waals surface area contributed by atoms with Crippen molar-refractivity contribution >= 4 is 0 Å². The van der Waals surface area contributed by atoms with E-state index in [2.05, 4.69) is 49.7 Å². The van der Waals surface area contributed by atoms with Crippen LogP contribution in [-0.4, -0.2) is 22.9 Å². The molecular weight excluding hydrogens is 198 g/mol. The summed E-state index contributed by atoms with van der Waals surface area (Å²) in [6.07, 6.45) is 2.26. The van der Waals surface area contributed by atoms with Gasteiger partial charge < -0.3 is 5.32 Å². The Morgan fingerprint density at radius 3 is 2.50 bits per heavy atom. The van der Waals surface area contributed by atoms with Gasteiger partial charge >= 0.3 is 0 Å². The predicted octanol–water partition coefficient (Wildman–Crippen LogP) is 2.62. The van der Waals surface area contributed by atoms with Crippen LogP contribution in [0.1, 0.15) is 50.2 Å². The minimum atomic E-state index is 0.436. The molecule has 16 heavy (non-hydrogen) atoms. The first kappa shape index (κ1) is 13.2. The van der Waals surface area contributed by atoms with Gasteiger partial charge in [-0.15, -0.1) is 0 Å². The quantitative estimate of drug-likeness (QED) is 0.751. The van der Waals surface area contributed by atoms with E-state index in [1.54, 1.807) is 0 Å². The molecule has 0 fully saturated rings. The van der Waals surface area contributed by atoms with Crippen molar-refractivity contribution in [2.45, 2.75) is 53.5 Å². The Kier molecular flexibility index (Phi) is 5.00. The van der Waals surface area contributed by atoms with Gasteiger partial charge in [0.05, 0.1) is 11.7 Å². The van der Waals surface area contributed by atoms with E-state index < -0.39 is 0 Å². The second kappa shape index (κ2) is 6.04. The Balaban J connectivity index is 2.71. The Labute approximate surface area is 99.2 Å². The van der Waals surface area contributed by atoms with Gasteiger partial charge in [-0.25, -0.2) is 0 Å². The molecule has 0 aliphatic rings. The van der Waals surface area contributed by atoms with Crippen LogP contribution in [0.5, 0.6) is 0 Å². The van der Waals surface area contributed by atoms with E-state index in [4.69, 9.17) is 0 Å². The van der Waals surface area contributed by atoms with Crippen LogP contribution in [0, 0.1) is 13.8 Å². The van der Waals surface area contributed by atoms with Crippen molar-refractivity contribution in [3.05, 3.63) is 17.0 Å². The first-order valence-corrected chi connectivity index (χ1v) is 6.37. The maximum absolute atomic E-state index is 4.64. The van der Waals surface area contributed by atoms with Gasteiger partial charge in [0, 0.05) is 12.2 Å². The van der Waals surface area contributed by atoms with Gasteiger partial charge in [-0.2, -0.15) is 5.10 Å². The zero-order chi connectivity index (χ0) is 12.1. The summed E-state index contributed by atoms with van der Waals surface area (Å²) >= 11 is 0. The molecule has 3 nitrogen and oxygen atoms in total. The fourth-order valence-corrected chi connectivity index (χ4v) is 2.21. The van der Waals surface area contributed by atoms with E-state index in [-0.39, 0.29) is 0 Å². The molecular formula is C13H25N3. The third-order valence-corrected chi connectivity index (χ3v) is 3.11. The molecule has 1 unspecified atom stereocenters. The highest BCUT2D eigenvalue weighted by molar-refractivity contribution is 5.24. The molecule has 92 valence electrons. The molecule has 0 aliphatic carbocycles. The highest BCUT2D eigenvalue weighted by Gasteiger charge is 2.13. The SMILES string of the molecule is CCCNCC(C)n1nc(C)c(CC)c1C. The van der Waals surface area contributed by atoms with Crippen molar-refractivity contribution in [2.75, 3.05) is 13.1 Å². The zero-order valence-corrected chi connectivity index (χ0v) is 11.3. The summed E-state index contributed by atoms with van der Waals surface area (Å²) in [5.41, 5.74) is 3.91. The first-order chi connectivity index (χ1) is 7.61. The first-order valence-electron chi connectivity index (χ1n) is 6.37. The van der Waals surface area contributed by atoms with Gasteiger partial charge in [-0.05, 0) is 45.7 Å². The van der Waals surface area contributed by atoms with Crippen LogP contribution in [-0.2, 0) is 6.42 Å². The molecule has 0 amide bonds. The number of nitrogens with one attached hydrogen (secondary N) is 1. The van der Waals surface area contributed by atoms with E-state index in [9.17, 15) is 0 Å². The lowest BCUT2D eigenvalue weighted by Gasteiger charge is -2.15. The third-order valence-electron chi connectivity index (χ3n) is 3.11. The minimum Gasteiger partial charge on any atom is -0.315 e. The molecule has 3 heteroatoms. The minimum absolute atomic E-state index is 0.436. The summed E-state index contributed by atoms with van der Waals surface area (Å²) in [6, 6.07) is 0.436. The maximum atomic E-state index is 4.64. The average molecular weight is 223 g/mol. The number of aryl methyl sites for hydroxylation is 1. The van der Waals surface area contributed by atoms with Gasteiger partial charge in [-0.3, -0.25) is 4.68 Å². The molecule has 0 spiro atoms. The number of hydrogen-bond acceptors (Lipinski definition) is 2. The number of rotatable bonds is 6. The molecule has 1 rings (SSSR count). The van der Waals surface area contributed by atoms with E-state index in [1.807, 2.05) is 0 Å². The summed E-state index contributed by atoms with van der Waals surface area (Å²) in [5, 5.41) is 8.08. The Hall–Kier alpha value is -0.830. The van der Waals surface area contributed by atoms with E-state index in [0.717, 1.165) is 19.5 Å². The average Bonchev–Trinajstić information content (AvgIpc) is 2.54. The van der Waals surface area contributed by atoms with Crippen LogP contribution >= 0.6 is 0 Å². The summed E-state index contributed by atoms with van der Waals surface area (Å²) < 4.78 is 2.16. The van der Waals surface area contributed by atoms with Crippen molar-refractivity contribution in [2.24, 2.45) is 0 Å². The van der Waals surface area contributed by atoms with Crippen molar-refractivity contribution in [3.63, 3.8) is 0 Å². The van der Waals surface area contributed by atoms with E-state index in [1.165, 1.54) is 23.4 Å². The largest absolute Gasteiger partial charge is 0.315 e. The summed E-state index contributed by atoms with van der Waals surface area (Å²) in [5.74, 6) is 0. The van der Waals surface area contributed by atoms with Crippen molar-refractivity contribution in [1.29, 1.82) is 0 Å². The molecule has 0 saturated heterocycles. The molecule has 1 atom stereocenters. The number of aromatic nitrogens is 2. The second-order valence-corrected chi connectivity index (χ2v) is 4.50. The highest BCUT2D eigenvalue weighted by atomic mass is 15.3.